The Morgan fingerprint density at radius 3 is 2.65 bits per heavy atom. The van der Waals surface area contributed by atoms with Crippen molar-refractivity contribution in [1.82, 2.24) is 24.6 Å². The minimum atomic E-state index is -0.458. The topological polar surface area (TPSA) is 73.1 Å². The number of rotatable bonds is 3. The molecule has 4 rings (SSSR count). The number of amides is 1. The van der Waals surface area contributed by atoms with E-state index in [1.807, 2.05) is 56.9 Å². The Hall–Kier alpha value is -2.48. The largest absolute Gasteiger partial charge is 0.444 e. The fourth-order valence-corrected chi connectivity index (χ4v) is 4.09. The van der Waals surface area contributed by atoms with Gasteiger partial charge in [0.2, 0.25) is 0 Å². The summed E-state index contributed by atoms with van der Waals surface area (Å²) in [5.74, 6) is 0.480. The maximum Gasteiger partial charge on any atom is 0.410 e. The SMILES string of the molecule is Cc1cc2ncc(-c3cnn(CC4CCN(C(=O)OC(C)(C)C)CC4)c3)nc2cc1Br. The zero-order valence-electron chi connectivity index (χ0n) is 18.4. The van der Waals surface area contributed by atoms with Gasteiger partial charge in [-0.25, -0.2) is 9.78 Å². The molecular weight excluding hydrogens is 458 g/mol. The van der Waals surface area contributed by atoms with Crippen LogP contribution in [-0.4, -0.2) is 49.4 Å². The third-order valence-electron chi connectivity index (χ3n) is 5.46. The highest BCUT2D eigenvalue weighted by Crippen LogP contribution is 2.25. The van der Waals surface area contributed by atoms with Crippen LogP contribution in [0, 0.1) is 12.8 Å². The van der Waals surface area contributed by atoms with Crippen molar-refractivity contribution in [3.8, 4) is 11.3 Å². The molecule has 0 saturated carbocycles. The fourth-order valence-electron chi connectivity index (χ4n) is 3.76. The van der Waals surface area contributed by atoms with Crippen molar-refractivity contribution in [2.24, 2.45) is 5.92 Å². The van der Waals surface area contributed by atoms with Gasteiger partial charge < -0.3 is 9.64 Å². The molecule has 164 valence electrons. The first kappa shape index (κ1) is 21.7. The molecule has 0 atom stereocenters. The van der Waals surface area contributed by atoms with Crippen LogP contribution in [0.3, 0.4) is 0 Å². The van der Waals surface area contributed by atoms with E-state index < -0.39 is 5.60 Å². The van der Waals surface area contributed by atoms with Gasteiger partial charge in [-0.15, -0.1) is 0 Å². The summed E-state index contributed by atoms with van der Waals surface area (Å²) in [6.07, 6.45) is 7.34. The van der Waals surface area contributed by atoms with E-state index >= 15 is 0 Å². The Morgan fingerprint density at radius 1 is 1.19 bits per heavy atom. The summed E-state index contributed by atoms with van der Waals surface area (Å²) in [5.41, 5.74) is 4.19. The number of aryl methyl sites for hydroxylation is 1. The lowest BCUT2D eigenvalue weighted by atomic mass is 9.97. The van der Waals surface area contributed by atoms with Crippen molar-refractivity contribution in [1.29, 1.82) is 0 Å². The van der Waals surface area contributed by atoms with Crippen LogP contribution in [0.1, 0.15) is 39.2 Å². The predicted octanol–water partition coefficient (Wildman–Crippen LogP) is 5.21. The van der Waals surface area contributed by atoms with Crippen molar-refractivity contribution >= 4 is 33.1 Å². The van der Waals surface area contributed by atoms with Crippen LogP contribution in [0.2, 0.25) is 0 Å². The lowest BCUT2D eigenvalue weighted by molar-refractivity contribution is 0.0177. The predicted molar refractivity (Wildman–Crippen MR) is 124 cm³/mol. The van der Waals surface area contributed by atoms with E-state index in [1.54, 1.807) is 11.1 Å². The van der Waals surface area contributed by atoms with Crippen LogP contribution in [0.5, 0.6) is 0 Å². The molecule has 3 aromatic rings. The molecule has 7 nitrogen and oxygen atoms in total. The number of aromatic nitrogens is 4. The monoisotopic (exact) mass is 485 g/mol. The molecule has 1 fully saturated rings. The molecular formula is C23H28BrN5O2. The highest BCUT2D eigenvalue weighted by atomic mass is 79.9. The van der Waals surface area contributed by atoms with Crippen LogP contribution >= 0.6 is 15.9 Å². The van der Waals surface area contributed by atoms with Gasteiger partial charge in [0.05, 0.1) is 29.1 Å². The molecule has 0 spiro atoms. The number of benzene rings is 1. The van der Waals surface area contributed by atoms with Crippen molar-refractivity contribution in [3.63, 3.8) is 0 Å². The third-order valence-corrected chi connectivity index (χ3v) is 6.32. The van der Waals surface area contributed by atoms with E-state index in [4.69, 9.17) is 9.72 Å². The van der Waals surface area contributed by atoms with E-state index in [1.165, 1.54) is 0 Å². The Kier molecular flexibility index (Phi) is 6.01. The summed E-state index contributed by atoms with van der Waals surface area (Å²) in [6.45, 7) is 10.00. The van der Waals surface area contributed by atoms with Gasteiger partial charge in [0.1, 0.15) is 5.60 Å². The van der Waals surface area contributed by atoms with Crippen molar-refractivity contribution in [2.45, 2.75) is 52.7 Å². The second kappa shape index (κ2) is 8.57. The molecule has 0 unspecified atom stereocenters. The zero-order chi connectivity index (χ0) is 22.2. The normalized spacial score (nSPS) is 15.5. The number of carbonyl (C=O) groups excluding carboxylic acids is 1. The number of piperidine rings is 1. The van der Waals surface area contributed by atoms with E-state index in [2.05, 4.69) is 26.0 Å². The van der Waals surface area contributed by atoms with E-state index in [0.29, 0.717) is 5.92 Å². The molecule has 0 N–H and O–H groups in total. The number of ether oxygens (including phenoxy) is 1. The van der Waals surface area contributed by atoms with Crippen LogP contribution in [0.15, 0.2) is 35.2 Å². The summed E-state index contributed by atoms with van der Waals surface area (Å²) in [7, 11) is 0. The lowest BCUT2D eigenvalue weighted by Crippen LogP contribution is -2.42. The number of halogens is 1. The summed E-state index contributed by atoms with van der Waals surface area (Å²) in [5, 5.41) is 4.54. The molecule has 1 saturated heterocycles. The molecule has 8 heteroatoms. The first-order chi connectivity index (χ1) is 14.7. The van der Waals surface area contributed by atoms with E-state index in [-0.39, 0.29) is 6.09 Å². The van der Waals surface area contributed by atoms with Gasteiger partial charge in [0.15, 0.2) is 0 Å². The van der Waals surface area contributed by atoms with Crippen LogP contribution in [-0.2, 0) is 11.3 Å². The third kappa shape index (κ3) is 5.23. The molecule has 1 amide bonds. The van der Waals surface area contributed by atoms with Gasteiger partial charge in [-0.05, 0) is 64.2 Å². The van der Waals surface area contributed by atoms with E-state index in [9.17, 15) is 4.79 Å². The first-order valence-corrected chi connectivity index (χ1v) is 11.4. The van der Waals surface area contributed by atoms with Gasteiger partial charge in [-0.2, -0.15) is 5.10 Å². The first-order valence-electron chi connectivity index (χ1n) is 10.6. The van der Waals surface area contributed by atoms with Gasteiger partial charge >= 0.3 is 6.09 Å². The van der Waals surface area contributed by atoms with Crippen LogP contribution in [0.25, 0.3) is 22.3 Å². The summed E-state index contributed by atoms with van der Waals surface area (Å²) in [4.78, 5) is 23.4. The zero-order valence-corrected chi connectivity index (χ0v) is 20.0. The minimum absolute atomic E-state index is 0.218. The molecule has 1 aromatic carbocycles. The molecule has 0 radical (unpaired) electrons. The van der Waals surface area contributed by atoms with Crippen LogP contribution in [0.4, 0.5) is 4.79 Å². The number of hydrogen-bond acceptors (Lipinski definition) is 5. The standard InChI is InChI=1S/C23H28BrN5O2/c1-15-9-19-20(10-18(15)24)27-21(12-25-19)17-11-26-29(14-17)13-16-5-7-28(8-6-16)22(30)31-23(2,3)4/h9-12,14,16H,5-8,13H2,1-4H3. The number of hydrogen-bond donors (Lipinski definition) is 0. The number of nitrogens with zero attached hydrogens (tertiary/aromatic N) is 5. The molecule has 1 aliphatic rings. The second-order valence-electron chi connectivity index (χ2n) is 9.21. The van der Waals surface area contributed by atoms with Crippen molar-refractivity contribution < 1.29 is 9.53 Å². The molecule has 0 aliphatic carbocycles. The summed E-state index contributed by atoms with van der Waals surface area (Å²) in [6, 6.07) is 4.04. The van der Waals surface area contributed by atoms with E-state index in [0.717, 1.165) is 64.8 Å². The Balaban J connectivity index is 1.38. The average molecular weight is 486 g/mol. The molecule has 2 aromatic heterocycles. The minimum Gasteiger partial charge on any atom is -0.444 e. The fraction of sp³-hybridized carbons (Fsp3) is 0.478. The second-order valence-corrected chi connectivity index (χ2v) is 10.1. The molecule has 1 aliphatic heterocycles. The smallest absolute Gasteiger partial charge is 0.410 e. The Labute approximate surface area is 190 Å². The maximum absolute atomic E-state index is 12.2. The van der Waals surface area contributed by atoms with Crippen molar-refractivity contribution in [2.75, 3.05) is 13.1 Å². The van der Waals surface area contributed by atoms with Crippen molar-refractivity contribution in [3.05, 3.63) is 40.8 Å². The molecule has 0 bridgehead atoms. The highest BCUT2D eigenvalue weighted by Gasteiger charge is 2.27. The Morgan fingerprint density at radius 2 is 1.94 bits per heavy atom. The van der Waals surface area contributed by atoms with Gasteiger partial charge in [-0.1, -0.05) is 15.9 Å². The number of fused-ring (bicyclic) bond motifs is 1. The number of likely N-dealkylation sites (tertiary alicyclic amines) is 1. The lowest BCUT2D eigenvalue weighted by Gasteiger charge is -2.33. The average Bonchev–Trinajstić information content (AvgIpc) is 3.16. The quantitative estimate of drug-likeness (QED) is 0.508. The summed E-state index contributed by atoms with van der Waals surface area (Å²) >= 11 is 3.57. The Bertz CT molecular complexity index is 1100. The highest BCUT2D eigenvalue weighted by molar-refractivity contribution is 9.10. The van der Waals surface area contributed by atoms with Gasteiger partial charge in [0.25, 0.3) is 0 Å². The molecule has 31 heavy (non-hydrogen) atoms. The van der Waals surface area contributed by atoms with Gasteiger partial charge in [0, 0.05) is 35.9 Å². The van der Waals surface area contributed by atoms with Crippen LogP contribution < -0.4 is 0 Å². The molecule has 3 heterocycles. The maximum atomic E-state index is 12.2. The number of carbonyl (C=O) groups is 1. The summed E-state index contributed by atoms with van der Waals surface area (Å²) < 4.78 is 8.48. The van der Waals surface area contributed by atoms with Gasteiger partial charge in [-0.3, -0.25) is 9.67 Å².